The summed E-state index contributed by atoms with van der Waals surface area (Å²) >= 11 is 0. The van der Waals surface area contributed by atoms with Crippen molar-refractivity contribution in [1.82, 2.24) is 10.9 Å². The minimum absolute atomic E-state index is 0.105. The van der Waals surface area contributed by atoms with Crippen LogP contribution >= 0.6 is 0 Å². The first-order chi connectivity index (χ1) is 11.3. The Morgan fingerprint density at radius 1 is 0.750 bits per heavy atom. The van der Waals surface area contributed by atoms with Crippen molar-refractivity contribution in [1.29, 1.82) is 0 Å². The summed E-state index contributed by atoms with van der Waals surface area (Å²) in [6, 6.07) is 0. The van der Waals surface area contributed by atoms with Gasteiger partial charge in [-0.05, 0) is 27.7 Å². The molecule has 2 N–H and O–H groups in total. The van der Waals surface area contributed by atoms with Crippen LogP contribution in [0.15, 0.2) is 10.2 Å². The van der Waals surface area contributed by atoms with Crippen LogP contribution in [0.2, 0.25) is 0 Å². The quantitative estimate of drug-likeness (QED) is 0.273. The molecule has 0 rings (SSSR count). The second-order valence-corrected chi connectivity index (χ2v) is 4.54. The number of hydrogen-bond donors (Lipinski definition) is 2. The van der Waals surface area contributed by atoms with Gasteiger partial charge in [-0.3, -0.25) is 19.2 Å². The van der Waals surface area contributed by atoms with E-state index in [9.17, 15) is 19.2 Å². The van der Waals surface area contributed by atoms with Gasteiger partial charge in [-0.2, -0.15) is 10.2 Å². The van der Waals surface area contributed by atoms with Crippen molar-refractivity contribution in [3.8, 4) is 0 Å². The van der Waals surface area contributed by atoms with Gasteiger partial charge >= 0.3 is 23.8 Å². The van der Waals surface area contributed by atoms with Crippen LogP contribution in [0.3, 0.4) is 0 Å². The normalized spacial score (nSPS) is 11.5. The summed E-state index contributed by atoms with van der Waals surface area (Å²) in [5.74, 6) is -3.11. The van der Waals surface area contributed by atoms with Crippen molar-refractivity contribution in [3.05, 3.63) is 0 Å². The molecule has 0 radical (unpaired) electrons. The molecule has 0 atom stereocenters. The molecule has 0 aromatic rings. The van der Waals surface area contributed by atoms with Gasteiger partial charge in [-0.15, -0.1) is 0 Å². The molecule has 10 nitrogen and oxygen atoms in total. The highest BCUT2D eigenvalue weighted by atomic mass is 16.5. The van der Waals surface area contributed by atoms with Crippen molar-refractivity contribution in [2.45, 2.75) is 40.5 Å². The molecule has 0 spiro atoms. The van der Waals surface area contributed by atoms with Gasteiger partial charge in [0, 0.05) is 11.4 Å². The number of hydrazone groups is 2. The van der Waals surface area contributed by atoms with Gasteiger partial charge < -0.3 is 9.47 Å². The molecule has 0 aliphatic carbocycles. The van der Waals surface area contributed by atoms with Crippen LogP contribution in [-0.4, -0.2) is 48.4 Å². The first-order valence-electron chi connectivity index (χ1n) is 7.27. The maximum Gasteiger partial charge on any atom is 0.331 e. The van der Waals surface area contributed by atoms with Gasteiger partial charge in [-0.1, -0.05) is 0 Å². The summed E-state index contributed by atoms with van der Waals surface area (Å²) in [7, 11) is 0. The number of carbonyl (C=O) groups excluding carboxylic acids is 4. The van der Waals surface area contributed by atoms with Crippen molar-refractivity contribution >= 4 is 35.2 Å². The molecule has 0 saturated carbocycles. The van der Waals surface area contributed by atoms with Crippen LogP contribution in [0.5, 0.6) is 0 Å². The second-order valence-electron chi connectivity index (χ2n) is 4.54. The van der Waals surface area contributed by atoms with Crippen LogP contribution < -0.4 is 10.9 Å². The number of nitrogens with one attached hydrogen (secondary N) is 2. The van der Waals surface area contributed by atoms with Gasteiger partial charge in [0.2, 0.25) is 0 Å². The average molecular weight is 342 g/mol. The van der Waals surface area contributed by atoms with Crippen LogP contribution in [-0.2, 0) is 28.7 Å². The number of ether oxygens (including phenoxy) is 2. The molecule has 0 bridgehead atoms. The molecule has 0 fully saturated rings. The fourth-order valence-corrected chi connectivity index (χ4v) is 1.31. The molecule has 24 heavy (non-hydrogen) atoms. The van der Waals surface area contributed by atoms with E-state index in [1.165, 1.54) is 13.8 Å². The summed E-state index contributed by atoms with van der Waals surface area (Å²) in [5.41, 5.74) is 4.51. The number of carbonyl (C=O) groups is 4. The second kappa shape index (κ2) is 11.7. The lowest BCUT2D eigenvalue weighted by Crippen LogP contribution is -2.36. The Morgan fingerprint density at radius 3 is 1.38 bits per heavy atom. The Labute approximate surface area is 139 Å². The standard InChI is InChI=1S/C14H22N4O6/c1-5-23-11(19)7-9(3)15-17-13(21)14(22)18-16-10(4)8-12(20)24-6-2/h5-8H2,1-4H3,(H,17,21)(H,18,22)/b15-9+,16-10+. The highest BCUT2D eigenvalue weighted by molar-refractivity contribution is 6.35. The lowest BCUT2D eigenvalue weighted by Gasteiger charge is -2.03. The smallest absolute Gasteiger partial charge is 0.331 e. The summed E-state index contributed by atoms with van der Waals surface area (Å²) in [6.07, 6.45) is -0.209. The third-order valence-electron chi connectivity index (χ3n) is 2.31. The minimum atomic E-state index is -1.06. The van der Waals surface area contributed by atoms with Gasteiger partial charge in [0.05, 0.1) is 26.1 Å². The molecule has 0 heterocycles. The Balaban J connectivity index is 4.34. The van der Waals surface area contributed by atoms with E-state index in [4.69, 9.17) is 9.47 Å². The third kappa shape index (κ3) is 10.0. The van der Waals surface area contributed by atoms with E-state index in [0.717, 1.165) is 0 Å². The minimum Gasteiger partial charge on any atom is -0.466 e. The van der Waals surface area contributed by atoms with Gasteiger partial charge in [0.1, 0.15) is 0 Å². The molecule has 0 aromatic heterocycles. The summed E-state index contributed by atoms with van der Waals surface area (Å²) in [5, 5.41) is 7.20. The van der Waals surface area contributed by atoms with Crippen LogP contribution in [0.4, 0.5) is 0 Å². The Kier molecular flexibility index (Phi) is 10.4. The average Bonchev–Trinajstić information content (AvgIpc) is 2.50. The first kappa shape index (κ1) is 21.2. The van der Waals surface area contributed by atoms with Crippen molar-refractivity contribution in [2.24, 2.45) is 10.2 Å². The van der Waals surface area contributed by atoms with E-state index in [0.29, 0.717) is 0 Å². The third-order valence-corrected chi connectivity index (χ3v) is 2.31. The molecular weight excluding hydrogens is 320 g/mol. The van der Waals surface area contributed by atoms with E-state index < -0.39 is 23.8 Å². The van der Waals surface area contributed by atoms with Gasteiger partial charge in [-0.25, -0.2) is 10.9 Å². The molecule has 2 amide bonds. The lowest BCUT2D eigenvalue weighted by molar-refractivity contribution is -0.142. The Morgan fingerprint density at radius 2 is 1.08 bits per heavy atom. The molecule has 0 aromatic carbocycles. The molecular formula is C14H22N4O6. The fraction of sp³-hybridized carbons (Fsp3) is 0.571. The van der Waals surface area contributed by atoms with Gasteiger partial charge in [0.25, 0.3) is 0 Å². The maximum atomic E-state index is 11.5. The first-order valence-corrected chi connectivity index (χ1v) is 7.27. The number of rotatable bonds is 8. The SMILES string of the molecule is CCOC(=O)C/C(C)=N/NC(=O)C(=O)N/N=C(\C)CC(=O)OCC. The Bertz CT molecular complexity index is 493. The summed E-state index contributed by atoms with van der Waals surface area (Å²) < 4.78 is 9.43. The predicted molar refractivity (Wildman–Crippen MR) is 85.0 cm³/mol. The largest absolute Gasteiger partial charge is 0.466 e. The van der Waals surface area contributed by atoms with Gasteiger partial charge in [0.15, 0.2) is 0 Å². The topological polar surface area (TPSA) is 136 Å². The van der Waals surface area contributed by atoms with Crippen LogP contribution in [0.1, 0.15) is 40.5 Å². The molecule has 0 aliphatic rings. The fourth-order valence-electron chi connectivity index (χ4n) is 1.31. The highest BCUT2D eigenvalue weighted by Gasteiger charge is 2.13. The molecule has 134 valence electrons. The number of nitrogens with zero attached hydrogens (tertiary/aromatic N) is 2. The van der Waals surface area contributed by atoms with E-state index in [1.807, 2.05) is 10.9 Å². The van der Waals surface area contributed by atoms with Crippen molar-refractivity contribution < 1.29 is 28.7 Å². The zero-order chi connectivity index (χ0) is 18.5. The van der Waals surface area contributed by atoms with Crippen LogP contribution in [0.25, 0.3) is 0 Å². The zero-order valence-electron chi connectivity index (χ0n) is 14.2. The van der Waals surface area contributed by atoms with E-state index in [2.05, 4.69) is 10.2 Å². The van der Waals surface area contributed by atoms with E-state index in [-0.39, 0.29) is 37.5 Å². The number of hydrogen-bond acceptors (Lipinski definition) is 8. The lowest BCUT2D eigenvalue weighted by atomic mass is 10.3. The summed E-state index contributed by atoms with van der Waals surface area (Å²) in [6.45, 7) is 6.81. The van der Waals surface area contributed by atoms with Crippen molar-refractivity contribution in [2.75, 3.05) is 13.2 Å². The monoisotopic (exact) mass is 342 g/mol. The Hall–Kier alpha value is -2.78. The van der Waals surface area contributed by atoms with Crippen molar-refractivity contribution in [3.63, 3.8) is 0 Å². The highest BCUT2D eigenvalue weighted by Crippen LogP contribution is 1.91. The predicted octanol–water partition coefficient (Wildman–Crippen LogP) is -0.123. The zero-order valence-corrected chi connectivity index (χ0v) is 14.2. The molecule has 10 heteroatoms. The van der Waals surface area contributed by atoms with Crippen LogP contribution in [0, 0.1) is 0 Å². The molecule has 0 saturated heterocycles. The van der Waals surface area contributed by atoms with E-state index in [1.54, 1.807) is 13.8 Å². The number of amides is 2. The maximum absolute atomic E-state index is 11.5. The van der Waals surface area contributed by atoms with E-state index >= 15 is 0 Å². The number of esters is 2. The summed E-state index contributed by atoms with van der Waals surface area (Å²) in [4.78, 5) is 45.4. The molecule has 0 unspecified atom stereocenters. The molecule has 0 aliphatic heterocycles.